The van der Waals surface area contributed by atoms with Crippen LogP contribution >= 0.6 is 23.2 Å². The largest absolute Gasteiger partial charge is 0.412 e. The highest BCUT2D eigenvalue weighted by molar-refractivity contribution is 6.74. The minimum Gasteiger partial charge on any atom is -0.412 e. The number of aliphatic hydroxyl groups is 1. The van der Waals surface area contributed by atoms with Crippen LogP contribution in [0.5, 0.6) is 0 Å². The first-order chi connectivity index (χ1) is 33.0. The minimum atomic E-state index is -2.20. The van der Waals surface area contributed by atoms with Gasteiger partial charge in [0.05, 0.1) is 55.0 Å². The van der Waals surface area contributed by atoms with Gasteiger partial charge in [-0.2, -0.15) is 10.5 Å². The van der Waals surface area contributed by atoms with E-state index in [0.29, 0.717) is 49.8 Å². The summed E-state index contributed by atoms with van der Waals surface area (Å²) >= 11 is 12.6. The van der Waals surface area contributed by atoms with E-state index in [2.05, 4.69) is 71.2 Å². The van der Waals surface area contributed by atoms with Gasteiger partial charge in [-0.1, -0.05) is 44.0 Å². The molecule has 7 N–H and O–H groups in total. The van der Waals surface area contributed by atoms with E-state index in [4.69, 9.17) is 34.3 Å². The number of benzene rings is 4. The number of hydrogen-bond donors (Lipinski definition) is 7. The van der Waals surface area contributed by atoms with Crippen molar-refractivity contribution in [3.8, 4) is 12.1 Å². The molecule has 4 aromatic carbocycles. The first kappa shape index (κ1) is 53.4. The normalized spacial score (nSPS) is 13.1. The molecule has 2 aromatic heterocycles. The van der Waals surface area contributed by atoms with Gasteiger partial charge in [0, 0.05) is 56.7 Å². The molecule has 0 spiro atoms. The number of aromatic nitrogens is 2. The number of rotatable bonds is 16. The van der Waals surface area contributed by atoms with Crippen LogP contribution in [0.1, 0.15) is 79.0 Å². The highest BCUT2D eigenvalue weighted by Gasteiger charge is 2.41. The van der Waals surface area contributed by atoms with E-state index < -0.39 is 39.8 Å². The molecule has 364 valence electrons. The summed E-state index contributed by atoms with van der Waals surface area (Å²) in [4.78, 5) is 57.6. The highest BCUT2D eigenvalue weighted by atomic mass is 35.5. The third-order valence-corrected chi connectivity index (χ3v) is 17.6. The van der Waals surface area contributed by atoms with Crippen LogP contribution in [0.2, 0.25) is 28.2 Å². The molecule has 0 saturated carbocycles. The maximum absolute atomic E-state index is 13.5. The highest BCUT2D eigenvalue weighted by Crippen LogP contribution is 2.38. The Morgan fingerprint density at radius 2 is 1.16 bits per heavy atom. The number of aromatic amines is 2. The molecule has 0 aliphatic rings. The summed E-state index contributed by atoms with van der Waals surface area (Å²) < 4.78 is 22.1. The first-order valence-corrected chi connectivity index (χ1v) is 25.5. The number of Topliss-reactive ketones (excluding diaryl/α,β-unsaturated/α-hetero) is 2. The Morgan fingerprint density at radius 3 is 1.55 bits per heavy atom. The van der Waals surface area contributed by atoms with Crippen molar-refractivity contribution in [3.05, 3.63) is 129 Å². The fourth-order valence-corrected chi connectivity index (χ4v) is 8.81. The molecule has 6 rings (SSSR count). The third kappa shape index (κ3) is 13.8. The number of aliphatic hydroxyl groups excluding tert-OH is 1. The molecule has 0 unspecified atom stereocenters. The number of carbonyl (C=O) groups excluding carboxylic acids is 4. The van der Waals surface area contributed by atoms with E-state index >= 15 is 0 Å². The lowest BCUT2D eigenvalue weighted by atomic mass is 10.0. The predicted molar refractivity (Wildman–Crippen MR) is 274 cm³/mol. The van der Waals surface area contributed by atoms with E-state index in [0.717, 1.165) is 21.8 Å². The quantitative estimate of drug-likeness (QED) is 0.0454. The number of fused-ring (bicyclic) bond motifs is 2. The summed E-state index contributed by atoms with van der Waals surface area (Å²) in [5.74, 6) is -1.32. The molecule has 0 fully saturated rings. The van der Waals surface area contributed by atoms with Gasteiger partial charge in [-0.15, -0.1) is 0 Å². The zero-order chi connectivity index (χ0) is 52.1. The zero-order valence-electron chi connectivity index (χ0n) is 41.0. The number of carbonyl (C=O) groups is 4. The Kier molecular flexibility index (Phi) is 18.7. The number of nitriles is 2. The van der Waals surface area contributed by atoms with Gasteiger partial charge in [-0.3, -0.25) is 23.6 Å². The van der Waals surface area contributed by atoms with Crippen molar-refractivity contribution in [2.75, 3.05) is 30.9 Å². The Balaban J connectivity index is 0.000000294. The summed E-state index contributed by atoms with van der Waals surface area (Å²) in [6.07, 6.45) is 2.11. The number of alkyl halides is 1. The number of hydrogen-bond acceptors (Lipinski definition) is 10. The molecular weight excluding hydrogens is 939 g/mol. The molecule has 14 nitrogen and oxygen atoms in total. The monoisotopic (exact) mass is 997 g/mol. The minimum absolute atomic E-state index is 0.0480. The van der Waals surface area contributed by atoms with Crippen molar-refractivity contribution in [2.45, 2.75) is 90.9 Å². The van der Waals surface area contributed by atoms with Crippen molar-refractivity contribution < 1.29 is 34.5 Å². The Hall–Kier alpha value is -6.53. The second-order valence-corrected chi connectivity index (χ2v) is 23.4. The molecule has 18 heteroatoms. The van der Waals surface area contributed by atoms with E-state index in [1.807, 2.05) is 37.4 Å². The SMILES string of the molecule is Cc1c(N[C@@H](C(=O)CNC(=O)c2ccc3[nH]ccc3c2)[C@H](C)O)ccc(C#N)c1Cl.Cc1c(N[C@@H](C(=O)CNC(=O)c2ccc3[nH]ccc3c2)[C@H](C)O[Si](C)(C)C(C)(C)C)ccc(C#N)c1Cl.[2H]CF. The van der Waals surface area contributed by atoms with Crippen LogP contribution in [0.4, 0.5) is 15.8 Å². The van der Waals surface area contributed by atoms with Crippen LogP contribution in [0.15, 0.2) is 85.2 Å². The van der Waals surface area contributed by atoms with Crippen molar-refractivity contribution in [3.63, 3.8) is 0 Å². The molecule has 4 atom stereocenters. The number of nitrogens with one attached hydrogen (secondary N) is 6. The molecule has 2 amide bonds. The van der Waals surface area contributed by atoms with Crippen LogP contribution < -0.4 is 21.3 Å². The van der Waals surface area contributed by atoms with E-state index in [-0.39, 0.29) is 46.5 Å². The van der Waals surface area contributed by atoms with Crippen LogP contribution in [0, 0.1) is 36.5 Å². The summed E-state index contributed by atoms with van der Waals surface area (Å²) in [7, 11) is -3.20. The summed E-state index contributed by atoms with van der Waals surface area (Å²) in [5.41, 5.74) is 5.88. The van der Waals surface area contributed by atoms with Gasteiger partial charge in [0.25, 0.3) is 11.8 Å². The fourth-order valence-electron chi connectivity index (χ4n) is 6.98. The molecule has 0 radical (unpaired) electrons. The number of amides is 2. The lowest BCUT2D eigenvalue weighted by Crippen LogP contribution is -2.51. The van der Waals surface area contributed by atoms with Crippen LogP contribution in [0.3, 0.4) is 0 Å². The number of H-pyrrole nitrogens is 2. The summed E-state index contributed by atoms with van der Waals surface area (Å²) in [6.45, 7) is 17.1. The predicted octanol–water partition coefficient (Wildman–Crippen LogP) is 9.94. The van der Waals surface area contributed by atoms with Crippen LogP contribution in [0.25, 0.3) is 21.8 Å². The van der Waals surface area contributed by atoms with Crippen molar-refractivity contribution >= 4 is 88.1 Å². The van der Waals surface area contributed by atoms with E-state index in [1.54, 1.807) is 74.6 Å². The maximum atomic E-state index is 13.5. The van der Waals surface area contributed by atoms with Gasteiger partial charge in [0.15, 0.2) is 19.9 Å². The van der Waals surface area contributed by atoms with Crippen molar-refractivity contribution in [2.24, 2.45) is 0 Å². The van der Waals surface area contributed by atoms with E-state index in [1.165, 1.54) is 6.92 Å². The molecule has 6 aromatic rings. The smallest absolute Gasteiger partial charge is 0.251 e. The second-order valence-electron chi connectivity index (χ2n) is 17.8. The molecule has 0 aliphatic carbocycles. The lowest BCUT2D eigenvalue weighted by molar-refractivity contribution is -0.121. The summed E-state index contributed by atoms with van der Waals surface area (Å²) in [6, 6.07) is 23.2. The molecule has 0 bridgehead atoms. The van der Waals surface area contributed by atoms with Crippen molar-refractivity contribution in [1.82, 2.24) is 20.6 Å². The average molecular weight is 999 g/mol. The second kappa shape index (κ2) is 24.2. The number of halogens is 3. The van der Waals surface area contributed by atoms with Gasteiger partial charge >= 0.3 is 0 Å². The van der Waals surface area contributed by atoms with Gasteiger partial charge < -0.3 is 40.8 Å². The number of nitrogens with zero attached hydrogens (tertiary/aromatic N) is 2. The standard InChI is InChI=1S/C28H35ClN4O3Si.C22H21ClN4O3.CH3F/c1-17-22(10-9-21(15-30)25(17)29)33-26(18(2)36-37(6,7)28(3,4)5)24(34)16-32-27(35)20-8-11-23-19(14-20)12-13-31-23;1-12-17(5-4-16(10-24)20(12)23)27-21(13(2)28)19(29)11-26-22(30)15-3-6-18-14(9-15)7-8-25-18;1-2/h8-14,18,26,31,33H,16H2,1-7H3,(H,32,35);3-9,13,21,25,27-28H,11H2,1-2H3,(H,26,30);1H3/t18-,26+;13-,21+;/m00./s1/i;;1D. The molecule has 69 heavy (non-hydrogen) atoms. The Bertz CT molecular complexity index is 2920. The van der Waals surface area contributed by atoms with Crippen LogP contribution in [-0.2, 0) is 14.0 Å². The topological polar surface area (TPSA) is 225 Å². The van der Waals surface area contributed by atoms with Gasteiger partial charge in [0.2, 0.25) is 0 Å². The van der Waals surface area contributed by atoms with Gasteiger partial charge in [-0.05, 0) is 130 Å². The zero-order valence-corrected chi connectivity index (χ0v) is 42.5. The van der Waals surface area contributed by atoms with Gasteiger partial charge in [0.1, 0.15) is 24.2 Å². The Labute approximate surface area is 414 Å². The molecule has 2 heterocycles. The van der Waals surface area contributed by atoms with Crippen LogP contribution in [-0.4, -0.2) is 91.3 Å². The Morgan fingerprint density at radius 1 is 0.754 bits per heavy atom. The van der Waals surface area contributed by atoms with Crippen molar-refractivity contribution in [1.29, 1.82) is 10.5 Å². The van der Waals surface area contributed by atoms with Gasteiger partial charge in [-0.25, -0.2) is 0 Å². The fraction of sp³-hybridized carbons (Fsp3) is 0.333. The maximum Gasteiger partial charge on any atom is 0.251 e. The summed E-state index contributed by atoms with van der Waals surface area (Å²) in [5, 5.41) is 42.5. The lowest BCUT2D eigenvalue weighted by Gasteiger charge is -2.40. The average Bonchev–Trinajstić information content (AvgIpc) is 4.00. The van der Waals surface area contributed by atoms with E-state index in [9.17, 15) is 33.9 Å². The first-order valence-electron chi connectivity index (χ1n) is 22.6. The molecule has 0 saturated heterocycles. The third-order valence-electron chi connectivity index (χ3n) is 12.0. The molecule has 0 aliphatic heterocycles. The number of ketones is 2. The number of anilines is 2. The molecular formula is C51H59Cl2FN8O6Si.